The first-order chi connectivity index (χ1) is 6.33. The average Bonchev–Trinajstić information content (AvgIpc) is 2.16. The maximum Gasteiger partial charge on any atom is 0.407 e. The second kappa shape index (κ2) is 5.77. The van der Waals surface area contributed by atoms with Gasteiger partial charge in [-0.3, -0.25) is 0 Å². The van der Waals surface area contributed by atoms with Crippen LogP contribution in [0, 0.1) is 0 Å². The van der Waals surface area contributed by atoms with Gasteiger partial charge in [-0.2, -0.15) is 0 Å². The standard InChI is InChI=1S/C8H15NO4/c10-3-5-13-8(11)9-7-2-1-4-12-6-7/h7,10H,1-6H2,(H,9,11). The highest BCUT2D eigenvalue weighted by atomic mass is 16.6. The van der Waals surface area contributed by atoms with Crippen LogP contribution in [0.1, 0.15) is 12.8 Å². The van der Waals surface area contributed by atoms with E-state index in [1.165, 1.54) is 0 Å². The minimum absolute atomic E-state index is 0.0411. The lowest BCUT2D eigenvalue weighted by molar-refractivity contribution is 0.0624. The van der Waals surface area contributed by atoms with E-state index in [1.807, 2.05) is 0 Å². The lowest BCUT2D eigenvalue weighted by atomic mass is 10.1. The van der Waals surface area contributed by atoms with Crippen LogP contribution < -0.4 is 5.32 Å². The van der Waals surface area contributed by atoms with Crippen molar-refractivity contribution in [1.29, 1.82) is 0 Å². The molecular weight excluding hydrogens is 174 g/mol. The van der Waals surface area contributed by atoms with Crippen LogP contribution in [-0.4, -0.2) is 43.7 Å². The molecule has 13 heavy (non-hydrogen) atoms. The van der Waals surface area contributed by atoms with E-state index in [1.54, 1.807) is 0 Å². The van der Waals surface area contributed by atoms with Crippen LogP contribution in [0.2, 0.25) is 0 Å². The number of alkyl carbamates (subject to hydrolysis) is 1. The fourth-order valence-electron chi connectivity index (χ4n) is 1.20. The maximum absolute atomic E-state index is 11.0. The van der Waals surface area contributed by atoms with Crippen molar-refractivity contribution >= 4 is 6.09 Å². The highest BCUT2D eigenvalue weighted by molar-refractivity contribution is 5.67. The number of hydrogen-bond acceptors (Lipinski definition) is 4. The average molecular weight is 189 g/mol. The Labute approximate surface area is 77.0 Å². The number of carbonyl (C=O) groups excluding carboxylic acids is 1. The van der Waals surface area contributed by atoms with E-state index in [0.29, 0.717) is 6.61 Å². The van der Waals surface area contributed by atoms with Crippen LogP contribution in [0.3, 0.4) is 0 Å². The summed E-state index contributed by atoms with van der Waals surface area (Å²) in [6.45, 7) is 1.21. The maximum atomic E-state index is 11.0. The van der Waals surface area contributed by atoms with Gasteiger partial charge in [0.15, 0.2) is 0 Å². The molecule has 1 rings (SSSR count). The van der Waals surface area contributed by atoms with Crippen molar-refractivity contribution in [2.24, 2.45) is 0 Å². The molecule has 0 aromatic heterocycles. The van der Waals surface area contributed by atoms with Crippen molar-refractivity contribution in [3.63, 3.8) is 0 Å². The topological polar surface area (TPSA) is 67.8 Å². The molecule has 1 unspecified atom stereocenters. The number of aliphatic hydroxyl groups excluding tert-OH is 1. The summed E-state index contributed by atoms with van der Waals surface area (Å²) < 4.78 is 9.81. The SMILES string of the molecule is O=C(NC1CCCOC1)OCCO. The molecule has 0 aromatic rings. The third kappa shape index (κ3) is 4.10. The van der Waals surface area contributed by atoms with E-state index >= 15 is 0 Å². The van der Waals surface area contributed by atoms with Gasteiger partial charge < -0.3 is 19.9 Å². The third-order valence-electron chi connectivity index (χ3n) is 1.81. The Kier molecular flexibility index (Phi) is 4.56. The van der Waals surface area contributed by atoms with Crippen LogP contribution in [0.25, 0.3) is 0 Å². The number of rotatable bonds is 3. The molecule has 0 aromatic carbocycles. The molecule has 0 spiro atoms. The summed E-state index contributed by atoms with van der Waals surface area (Å²) >= 11 is 0. The molecule has 1 heterocycles. The highest BCUT2D eigenvalue weighted by Crippen LogP contribution is 2.05. The number of hydrogen-bond donors (Lipinski definition) is 2. The molecular formula is C8H15NO4. The first-order valence-corrected chi connectivity index (χ1v) is 4.45. The molecule has 1 amide bonds. The summed E-state index contributed by atoms with van der Waals surface area (Å²) in [4.78, 5) is 11.0. The first-order valence-electron chi connectivity index (χ1n) is 4.45. The Morgan fingerprint density at radius 3 is 3.15 bits per heavy atom. The summed E-state index contributed by atoms with van der Waals surface area (Å²) in [6.07, 6.45) is 1.41. The zero-order valence-electron chi connectivity index (χ0n) is 7.49. The van der Waals surface area contributed by atoms with Gasteiger partial charge in [0.05, 0.1) is 19.3 Å². The second-order valence-corrected chi connectivity index (χ2v) is 2.92. The van der Waals surface area contributed by atoms with Crippen molar-refractivity contribution in [3.8, 4) is 0 Å². The van der Waals surface area contributed by atoms with Crippen LogP contribution in [0.4, 0.5) is 4.79 Å². The normalized spacial score (nSPS) is 22.4. The first kappa shape index (κ1) is 10.3. The van der Waals surface area contributed by atoms with Gasteiger partial charge in [-0.05, 0) is 12.8 Å². The Hall–Kier alpha value is -0.810. The van der Waals surface area contributed by atoms with Crippen molar-refractivity contribution in [2.45, 2.75) is 18.9 Å². The summed E-state index contributed by atoms with van der Waals surface area (Å²) in [5.41, 5.74) is 0. The van der Waals surface area contributed by atoms with Crippen molar-refractivity contribution in [1.82, 2.24) is 5.32 Å². The summed E-state index contributed by atoms with van der Waals surface area (Å²) in [5.74, 6) is 0. The molecule has 0 saturated carbocycles. The number of aliphatic hydroxyl groups is 1. The quantitative estimate of drug-likeness (QED) is 0.649. The van der Waals surface area contributed by atoms with Crippen molar-refractivity contribution in [3.05, 3.63) is 0 Å². The molecule has 76 valence electrons. The van der Waals surface area contributed by atoms with Gasteiger partial charge >= 0.3 is 6.09 Å². The third-order valence-corrected chi connectivity index (χ3v) is 1.81. The zero-order valence-corrected chi connectivity index (χ0v) is 7.49. The minimum atomic E-state index is -0.482. The van der Waals surface area contributed by atoms with Crippen molar-refractivity contribution in [2.75, 3.05) is 26.4 Å². The molecule has 1 aliphatic rings. The molecule has 0 bridgehead atoms. The van der Waals surface area contributed by atoms with E-state index in [9.17, 15) is 4.79 Å². The van der Waals surface area contributed by atoms with E-state index in [4.69, 9.17) is 9.84 Å². The number of ether oxygens (including phenoxy) is 2. The van der Waals surface area contributed by atoms with Gasteiger partial charge in [0.2, 0.25) is 0 Å². The van der Waals surface area contributed by atoms with Crippen LogP contribution >= 0.6 is 0 Å². The molecule has 5 nitrogen and oxygen atoms in total. The molecule has 0 aliphatic carbocycles. The largest absolute Gasteiger partial charge is 0.447 e. The van der Waals surface area contributed by atoms with Crippen LogP contribution in [0.15, 0.2) is 0 Å². The molecule has 1 aliphatic heterocycles. The minimum Gasteiger partial charge on any atom is -0.447 e. The molecule has 1 fully saturated rings. The predicted octanol–water partition coefficient (Wildman–Crippen LogP) is -0.116. The Bertz CT molecular complexity index is 156. The lowest BCUT2D eigenvalue weighted by Crippen LogP contribution is -2.41. The van der Waals surface area contributed by atoms with Crippen LogP contribution in [-0.2, 0) is 9.47 Å². The number of carbonyl (C=O) groups is 1. The van der Waals surface area contributed by atoms with Crippen LogP contribution in [0.5, 0.6) is 0 Å². The number of amides is 1. The van der Waals surface area contributed by atoms with Gasteiger partial charge in [0.1, 0.15) is 6.61 Å². The smallest absolute Gasteiger partial charge is 0.407 e. The molecule has 2 N–H and O–H groups in total. The molecule has 5 heteroatoms. The summed E-state index contributed by atoms with van der Waals surface area (Å²) in [6, 6.07) is 0.0555. The van der Waals surface area contributed by atoms with Crippen molar-refractivity contribution < 1.29 is 19.4 Å². The Morgan fingerprint density at radius 1 is 1.69 bits per heavy atom. The molecule has 0 radical (unpaired) electrons. The van der Waals surface area contributed by atoms with E-state index < -0.39 is 6.09 Å². The number of nitrogens with one attached hydrogen (secondary N) is 1. The monoisotopic (exact) mass is 189 g/mol. The fraction of sp³-hybridized carbons (Fsp3) is 0.875. The van der Waals surface area contributed by atoms with E-state index in [-0.39, 0.29) is 19.3 Å². The van der Waals surface area contributed by atoms with E-state index in [0.717, 1.165) is 19.4 Å². The highest BCUT2D eigenvalue weighted by Gasteiger charge is 2.16. The fourth-order valence-corrected chi connectivity index (χ4v) is 1.20. The van der Waals surface area contributed by atoms with Gasteiger partial charge in [0.25, 0.3) is 0 Å². The van der Waals surface area contributed by atoms with Gasteiger partial charge in [0, 0.05) is 6.61 Å². The Morgan fingerprint density at radius 2 is 2.54 bits per heavy atom. The summed E-state index contributed by atoms with van der Waals surface area (Å²) in [5, 5.41) is 11.0. The molecule has 1 atom stereocenters. The lowest BCUT2D eigenvalue weighted by Gasteiger charge is -2.22. The predicted molar refractivity (Wildman–Crippen MR) is 45.4 cm³/mol. The van der Waals surface area contributed by atoms with Gasteiger partial charge in [-0.1, -0.05) is 0 Å². The summed E-state index contributed by atoms with van der Waals surface area (Å²) in [7, 11) is 0. The Balaban J connectivity index is 2.11. The second-order valence-electron chi connectivity index (χ2n) is 2.92. The van der Waals surface area contributed by atoms with Gasteiger partial charge in [-0.15, -0.1) is 0 Å². The van der Waals surface area contributed by atoms with Gasteiger partial charge in [-0.25, -0.2) is 4.79 Å². The molecule has 1 saturated heterocycles. The van der Waals surface area contributed by atoms with E-state index in [2.05, 4.69) is 10.1 Å². The zero-order chi connectivity index (χ0) is 9.52.